The van der Waals surface area contributed by atoms with Gasteiger partial charge in [-0.15, -0.1) is 0 Å². The molecule has 3 rings (SSSR count). The predicted octanol–water partition coefficient (Wildman–Crippen LogP) is 2.28. The molecule has 1 aromatic heterocycles. The fraction of sp³-hybridized carbons (Fsp3) is 0.294. The molecule has 0 fully saturated rings. The van der Waals surface area contributed by atoms with E-state index < -0.39 is 24.0 Å². The molecule has 2 heterocycles. The third-order valence-corrected chi connectivity index (χ3v) is 3.88. The molecule has 0 bridgehead atoms. The minimum Gasteiger partial charge on any atom is -0.465 e. The molecule has 2 atom stereocenters. The molecule has 2 unspecified atom stereocenters. The number of hydrogen-bond acceptors (Lipinski definition) is 4. The first-order valence-electron chi connectivity index (χ1n) is 7.72. The van der Waals surface area contributed by atoms with E-state index in [2.05, 4.69) is 15.4 Å². The van der Waals surface area contributed by atoms with E-state index >= 15 is 0 Å². The Hall–Kier alpha value is -2.96. The van der Waals surface area contributed by atoms with Gasteiger partial charge in [0.25, 0.3) is 0 Å². The molecule has 24 heavy (non-hydrogen) atoms. The van der Waals surface area contributed by atoms with E-state index in [4.69, 9.17) is 4.74 Å². The fourth-order valence-corrected chi connectivity index (χ4v) is 2.82. The normalized spacial score (nSPS) is 20.2. The van der Waals surface area contributed by atoms with Gasteiger partial charge in [0, 0.05) is 18.1 Å². The van der Waals surface area contributed by atoms with Crippen molar-refractivity contribution in [2.24, 2.45) is 10.9 Å². The lowest BCUT2D eigenvalue weighted by Crippen LogP contribution is -2.44. The second-order valence-electron chi connectivity index (χ2n) is 5.46. The molecule has 0 radical (unpaired) electrons. The quantitative estimate of drug-likeness (QED) is 0.873. The van der Waals surface area contributed by atoms with Crippen LogP contribution in [0.3, 0.4) is 0 Å². The zero-order valence-corrected chi connectivity index (χ0v) is 13.5. The lowest BCUT2D eigenvalue weighted by Gasteiger charge is -2.29. The van der Waals surface area contributed by atoms with Crippen LogP contribution in [0.2, 0.25) is 0 Å². The SMILES string of the molecule is CCOC(=O)C1C(C)=NC(=O)NC1c1cccc(-n2cccn2)c1. The van der Waals surface area contributed by atoms with Crippen LogP contribution in [0.25, 0.3) is 5.69 Å². The van der Waals surface area contributed by atoms with Crippen molar-refractivity contribution in [2.75, 3.05) is 6.61 Å². The summed E-state index contributed by atoms with van der Waals surface area (Å²) in [7, 11) is 0. The van der Waals surface area contributed by atoms with Crippen LogP contribution < -0.4 is 5.32 Å². The van der Waals surface area contributed by atoms with E-state index in [0.717, 1.165) is 11.3 Å². The van der Waals surface area contributed by atoms with Gasteiger partial charge in [0.05, 0.1) is 18.3 Å². The summed E-state index contributed by atoms with van der Waals surface area (Å²) >= 11 is 0. The summed E-state index contributed by atoms with van der Waals surface area (Å²) in [5.74, 6) is -1.04. The number of nitrogens with zero attached hydrogens (tertiary/aromatic N) is 3. The van der Waals surface area contributed by atoms with Crippen LogP contribution in [0, 0.1) is 5.92 Å². The molecule has 1 aliphatic heterocycles. The highest BCUT2D eigenvalue weighted by Gasteiger charge is 2.37. The molecule has 0 saturated heterocycles. The first-order chi connectivity index (χ1) is 11.6. The van der Waals surface area contributed by atoms with Crippen molar-refractivity contribution >= 4 is 17.7 Å². The lowest BCUT2D eigenvalue weighted by molar-refractivity contribution is -0.146. The Morgan fingerprint density at radius 3 is 2.92 bits per heavy atom. The van der Waals surface area contributed by atoms with Crippen LogP contribution in [0.1, 0.15) is 25.5 Å². The molecule has 1 aliphatic rings. The van der Waals surface area contributed by atoms with E-state index in [1.165, 1.54) is 0 Å². The topological polar surface area (TPSA) is 85.6 Å². The molecule has 2 aromatic rings. The van der Waals surface area contributed by atoms with E-state index in [1.54, 1.807) is 24.7 Å². The Bertz CT molecular complexity index is 783. The number of carbonyl (C=O) groups excluding carboxylic acids is 2. The number of ether oxygens (including phenoxy) is 1. The molecule has 124 valence electrons. The number of nitrogens with one attached hydrogen (secondary N) is 1. The van der Waals surface area contributed by atoms with Crippen LogP contribution in [0.15, 0.2) is 47.7 Å². The number of carbonyl (C=O) groups is 2. The third-order valence-electron chi connectivity index (χ3n) is 3.88. The van der Waals surface area contributed by atoms with Gasteiger partial charge in [0.15, 0.2) is 0 Å². The molecule has 0 saturated carbocycles. The summed E-state index contributed by atoms with van der Waals surface area (Å²) in [6.45, 7) is 3.69. The average Bonchev–Trinajstić information content (AvgIpc) is 3.09. The number of amides is 2. The first-order valence-corrected chi connectivity index (χ1v) is 7.72. The molecule has 0 aliphatic carbocycles. The first kappa shape index (κ1) is 15.9. The number of hydrogen-bond donors (Lipinski definition) is 1. The summed E-state index contributed by atoms with van der Waals surface area (Å²) < 4.78 is 6.87. The highest BCUT2D eigenvalue weighted by molar-refractivity contribution is 6.08. The van der Waals surface area contributed by atoms with Crippen LogP contribution in [0.4, 0.5) is 4.79 Å². The minimum absolute atomic E-state index is 0.274. The second kappa shape index (κ2) is 6.66. The summed E-state index contributed by atoms with van der Waals surface area (Å²) in [4.78, 5) is 28.0. The van der Waals surface area contributed by atoms with E-state index in [0.29, 0.717) is 5.71 Å². The van der Waals surface area contributed by atoms with Gasteiger partial charge in [0.2, 0.25) is 0 Å². The van der Waals surface area contributed by atoms with Gasteiger partial charge in [-0.25, -0.2) is 14.5 Å². The van der Waals surface area contributed by atoms with Crippen molar-refractivity contribution < 1.29 is 14.3 Å². The van der Waals surface area contributed by atoms with E-state index in [-0.39, 0.29) is 6.61 Å². The Morgan fingerprint density at radius 2 is 2.21 bits per heavy atom. The van der Waals surface area contributed by atoms with Crippen LogP contribution in [-0.4, -0.2) is 34.1 Å². The van der Waals surface area contributed by atoms with Gasteiger partial charge in [-0.3, -0.25) is 4.79 Å². The zero-order chi connectivity index (χ0) is 17.1. The standard InChI is InChI=1S/C17H18N4O3/c1-3-24-16(22)14-11(2)19-17(23)20-15(14)12-6-4-7-13(10-12)21-9-5-8-18-21/h4-10,14-15H,3H2,1-2H3,(H,20,23). The molecule has 7 nitrogen and oxygen atoms in total. The summed E-state index contributed by atoms with van der Waals surface area (Å²) in [5, 5.41) is 6.97. The van der Waals surface area contributed by atoms with Gasteiger partial charge >= 0.3 is 12.0 Å². The second-order valence-corrected chi connectivity index (χ2v) is 5.46. The number of aromatic nitrogens is 2. The average molecular weight is 326 g/mol. The monoisotopic (exact) mass is 326 g/mol. The lowest BCUT2D eigenvalue weighted by atomic mass is 9.88. The van der Waals surface area contributed by atoms with Gasteiger partial charge in [0.1, 0.15) is 5.92 Å². The predicted molar refractivity (Wildman–Crippen MR) is 88.1 cm³/mol. The van der Waals surface area contributed by atoms with Crippen molar-refractivity contribution in [3.8, 4) is 5.69 Å². The van der Waals surface area contributed by atoms with Crippen molar-refractivity contribution in [1.29, 1.82) is 0 Å². The summed E-state index contributed by atoms with van der Waals surface area (Å²) in [5.41, 5.74) is 2.09. The van der Waals surface area contributed by atoms with E-state index in [1.807, 2.05) is 36.5 Å². The largest absolute Gasteiger partial charge is 0.465 e. The zero-order valence-electron chi connectivity index (χ0n) is 13.5. The van der Waals surface area contributed by atoms with Crippen LogP contribution in [0.5, 0.6) is 0 Å². The van der Waals surface area contributed by atoms with Gasteiger partial charge in [-0.05, 0) is 37.6 Å². The highest BCUT2D eigenvalue weighted by Crippen LogP contribution is 2.29. The van der Waals surface area contributed by atoms with Gasteiger partial charge < -0.3 is 10.1 Å². The Morgan fingerprint density at radius 1 is 1.38 bits per heavy atom. The number of urea groups is 1. The number of esters is 1. The number of aliphatic imine (C=N–C) groups is 1. The van der Waals surface area contributed by atoms with Crippen LogP contribution in [-0.2, 0) is 9.53 Å². The Labute approximate surface area is 139 Å². The number of rotatable bonds is 4. The molecule has 7 heteroatoms. The Kier molecular flexibility index (Phi) is 4.41. The van der Waals surface area contributed by atoms with Crippen molar-refractivity contribution in [3.63, 3.8) is 0 Å². The Balaban J connectivity index is 1.99. The van der Waals surface area contributed by atoms with Gasteiger partial charge in [-0.1, -0.05) is 12.1 Å². The van der Waals surface area contributed by atoms with Crippen molar-refractivity contribution in [1.82, 2.24) is 15.1 Å². The highest BCUT2D eigenvalue weighted by atomic mass is 16.5. The van der Waals surface area contributed by atoms with Crippen molar-refractivity contribution in [3.05, 3.63) is 48.3 Å². The maximum atomic E-state index is 12.3. The number of benzene rings is 1. The molecule has 0 spiro atoms. The maximum Gasteiger partial charge on any atom is 0.341 e. The third kappa shape index (κ3) is 3.05. The van der Waals surface area contributed by atoms with E-state index in [9.17, 15) is 9.59 Å². The molecule has 1 N–H and O–H groups in total. The molecular weight excluding hydrogens is 308 g/mol. The van der Waals surface area contributed by atoms with Gasteiger partial charge in [-0.2, -0.15) is 5.10 Å². The van der Waals surface area contributed by atoms with Crippen LogP contribution >= 0.6 is 0 Å². The minimum atomic E-state index is -0.643. The summed E-state index contributed by atoms with van der Waals surface area (Å²) in [6.07, 6.45) is 3.52. The molecular formula is C17H18N4O3. The maximum absolute atomic E-state index is 12.3. The van der Waals surface area contributed by atoms with Crippen molar-refractivity contribution in [2.45, 2.75) is 19.9 Å². The smallest absolute Gasteiger partial charge is 0.341 e. The summed E-state index contributed by atoms with van der Waals surface area (Å²) in [6, 6.07) is 8.37. The molecule has 1 aromatic carbocycles. The fourth-order valence-electron chi connectivity index (χ4n) is 2.82. The molecule has 2 amide bonds.